The molecule has 0 unspecified atom stereocenters. The van der Waals surface area contributed by atoms with E-state index in [2.05, 4.69) is 18.3 Å². The molecule has 0 aromatic heterocycles. The fourth-order valence-corrected chi connectivity index (χ4v) is 1.40. The van der Waals surface area contributed by atoms with E-state index in [1.54, 1.807) is 0 Å². The van der Waals surface area contributed by atoms with Crippen LogP contribution in [0.4, 0.5) is 11.4 Å². The maximum absolute atomic E-state index is 8.67. The third kappa shape index (κ3) is 2.92. The van der Waals surface area contributed by atoms with Gasteiger partial charge in [-0.2, -0.15) is 0 Å². The van der Waals surface area contributed by atoms with Crippen molar-refractivity contribution in [2.24, 2.45) is 0 Å². The summed E-state index contributed by atoms with van der Waals surface area (Å²) in [4.78, 5) is 0. The topological polar surface area (TPSA) is 58.3 Å². The molecule has 0 aliphatic heterocycles. The molecule has 0 bridgehead atoms. The van der Waals surface area contributed by atoms with Gasteiger partial charge < -0.3 is 16.2 Å². The molecule has 0 fully saturated rings. The van der Waals surface area contributed by atoms with Gasteiger partial charge in [-0.15, -0.1) is 0 Å². The molecule has 1 rings (SSSR count). The van der Waals surface area contributed by atoms with Crippen molar-refractivity contribution in [2.75, 3.05) is 24.2 Å². The number of anilines is 2. The second kappa shape index (κ2) is 5.50. The average Bonchev–Trinajstić information content (AvgIpc) is 2.19. The first-order chi connectivity index (χ1) is 6.77. The van der Waals surface area contributed by atoms with Gasteiger partial charge in [0, 0.05) is 17.9 Å². The quantitative estimate of drug-likeness (QED) is 0.624. The molecule has 1 aromatic rings. The van der Waals surface area contributed by atoms with Crippen molar-refractivity contribution in [3.05, 3.63) is 23.8 Å². The van der Waals surface area contributed by atoms with Gasteiger partial charge in [0.05, 0.1) is 6.61 Å². The van der Waals surface area contributed by atoms with Crippen molar-refractivity contribution in [3.8, 4) is 0 Å². The number of rotatable bonds is 5. The van der Waals surface area contributed by atoms with E-state index in [4.69, 9.17) is 10.8 Å². The van der Waals surface area contributed by atoms with E-state index in [1.165, 1.54) is 5.56 Å². The van der Waals surface area contributed by atoms with E-state index in [0.29, 0.717) is 6.54 Å². The van der Waals surface area contributed by atoms with Gasteiger partial charge in [-0.05, 0) is 30.2 Å². The molecule has 0 heterocycles. The van der Waals surface area contributed by atoms with Gasteiger partial charge >= 0.3 is 0 Å². The Morgan fingerprint density at radius 1 is 1.43 bits per heavy atom. The number of hydrogen-bond donors (Lipinski definition) is 3. The molecular weight excluding hydrogens is 176 g/mol. The number of aliphatic hydroxyl groups excluding tert-OH is 1. The number of aryl methyl sites for hydroxylation is 1. The predicted octanol–water partition coefficient (Wildman–Crippen LogP) is 1.63. The largest absolute Gasteiger partial charge is 0.399 e. The summed E-state index contributed by atoms with van der Waals surface area (Å²) in [5.41, 5.74) is 8.88. The van der Waals surface area contributed by atoms with E-state index < -0.39 is 0 Å². The van der Waals surface area contributed by atoms with Crippen LogP contribution in [0, 0.1) is 0 Å². The fourth-order valence-electron chi connectivity index (χ4n) is 1.40. The molecule has 0 aliphatic rings. The molecule has 0 amide bonds. The molecule has 0 atom stereocenters. The van der Waals surface area contributed by atoms with Gasteiger partial charge in [-0.3, -0.25) is 0 Å². The number of benzene rings is 1. The van der Waals surface area contributed by atoms with E-state index in [1.807, 2.05) is 12.1 Å². The Bertz CT molecular complexity index is 287. The van der Waals surface area contributed by atoms with Crippen molar-refractivity contribution in [2.45, 2.75) is 19.8 Å². The molecule has 0 saturated carbocycles. The van der Waals surface area contributed by atoms with Crippen LogP contribution in [0.25, 0.3) is 0 Å². The van der Waals surface area contributed by atoms with Crippen LogP contribution in [0.3, 0.4) is 0 Å². The van der Waals surface area contributed by atoms with Crippen LogP contribution in [0.2, 0.25) is 0 Å². The number of nitrogens with one attached hydrogen (secondary N) is 1. The highest BCUT2D eigenvalue weighted by Crippen LogP contribution is 2.18. The molecular formula is C11H18N2O. The number of hydrogen-bond acceptors (Lipinski definition) is 3. The highest BCUT2D eigenvalue weighted by atomic mass is 16.3. The highest BCUT2D eigenvalue weighted by molar-refractivity contribution is 5.57. The lowest BCUT2D eigenvalue weighted by Gasteiger charge is -2.09. The SMILES string of the molecule is CCCc1cc(NCCO)ccc1N. The molecule has 4 N–H and O–H groups in total. The normalized spacial score (nSPS) is 10.1. The van der Waals surface area contributed by atoms with Crippen LogP contribution in [-0.2, 0) is 6.42 Å². The molecule has 3 nitrogen and oxygen atoms in total. The lowest BCUT2D eigenvalue weighted by atomic mass is 10.1. The molecule has 0 radical (unpaired) electrons. The Morgan fingerprint density at radius 2 is 2.21 bits per heavy atom. The van der Waals surface area contributed by atoms with Crippen LogP contribution in [0.15, 0.2) is 18.2 Å². The number of nitrogen functional groups attached to an aromatic ring is 1. The van der Waals surface area contributed by atoms with Crippen molar-refractivity contribution >= 4 is 11.4 Å². The minimum atomic E-state index is 0.146. The van der Waals surface area contributed by atoms with Gasteiger partial charge in [0.15, 0.2) is 0 Å². The van der Waals surface area contributed by atoms with Crippen molar-refractivity contribution in [1.29, 1.82) is 0 Å². The van der Waals surface area contributed by atoms with Crippen molar-refractivity contribution in [3.63, 3.8) is 0 Å². The first kappa shape index (κ1) is 10.9. The number of nitrogens with two attached hydrogens (primary N) is 1. The van der Waals surface area contributed by atoms with E-state index in [0.717, 1.165) is 24.2 Å². The summed E-state index contributed by atoms with van der Waals surface area (Å²) in [6, 6.07) is 5.89. The van der Waals surface area contributed by atoms with Gasteiger partial charge in [0.1, 0.15) is 0 Å². The maximum atomic E-state index is 8.67. The Morgan fingerprint density at radius 3 is 2.86 bits per heavy atom. The summed E-state index contributed by atoms with van der Waals surface area (Å²) < 4.78 is 0. The summed E-state index contributed by atoms with van der Waals surface area (Å²) in [5.74, 6) is 0. The van der Waals surface area contributed by atoms with Crippen LogP contribution < -0.4 is 11.1 Å². The zero-order valence-electron chi connectivity index (χ0n) is 8.59. The van der Waals surface area contributed by atoms with Crippen LogP contribution in [0.1, 0.15) is 18.9 Å². The van der Waals surface area contributed by atoms with Crippen molar-refractivity contribution in [1.82, 2.24) is 0 Å². The molecule has 3 heteroatoms. The van der Waals surface area contributed by atoms with Gasteiger partial charge in [-0.25, -0.2) is 0 Å². The second-order valence-corrected chi connectivity index (χ2v) is 3.31. The highest BCUT2D eigenvalue weighted by Gasteiger charge is 1.99. The Balaban J connectivity index is 2.72. The van der Waals surface area contributed by atoms with Crippen molar-refractivity contribution < 1.29 is 5.11 Å². The number of aliphatic hydroxyl groups is 1. The van der Waals surface area contributed by atoms with E-state index in [-0.39, 0.29) is 6.61 Å². The van der Waals surface area contributed by atoms with Gasteiger partial charge in [-0.1, -0.05) is 13.3 Å². The zero-order valence-corrected chi connectivity index (χ0v) is 8.59. The first-order valence-electron chi connectivity index (χ1n) is 5.01. The second-order valence-electron chi connectivity index (χ2n) is 3.31. The lowest BCUT2D eigenvalue weighted by molar-refractivity contribution is 0.311. The Hall–Kier alpha value is -1.22. The molecule has 0 saturated heterocycles. The van der Waals surface area contributed by atoms with E-state index in [9.17, 15) is 0 Å². The molecule has 1 aromatic carbocycles. The summed E-state index contributed by atoms with van der Waals surface area (Å²) in [6.45, 7) is 2.86. The summed E-state index contributed by atoms with van der Waals surface area (Å²) >= 11 is 0. The molecule has 0 aliphatic carbocycles. The minimum Gasteiger partial charge on any atom is -0.399 e. The fraction of sp³-hybridized carbons (Fsp3) is 0.455. The Kier molecular flexibility index (Phi) is 4.26. The minimum absolute atomic E-state index is 0.146. The standard InChI is InChI=1S/C11H18N2O/c1-2-3-9-8-10(13-6-7-14)4-5-11(9)12/h4-5,8,13-14H,2-3,6-7,12H2,1H3. The van der Waals surface area contributed by atoms with Gasteiger partial charge in [0.2, 0.25) is 0 Å². The van der Waals surface area contributed by atoms with E-state index >= 15 is 0 Å². The molecule has 0 spiro atoms. The molecule has 78 valence electrons. The Labute approximate surface area is 84.9 Å². The smallest absolute Gasteiger partial charge is 0.0604 e. The first-order valence-corrected chi connectivity index (χ1v) is 5.01. The third-order valence-corrected chi connectivity index (χ3v) is 2.10. The summed E-state index contributed by atoms with van der Waals surface area (Å²) in [5, 5.41) is 11.8. The summed E-state index contributed by atoms with van der Waals surface area (Å²) in [6.07, 6.45) is 2.09. The van der Waals surface area contributed by atoms with Crippen LogP contribution in [0.5, 0.6) is 0 Å². The lowest BCUT2D eigenvalue weighted by Crippen LogP contribution is -2.06. The van der Waals surface area contributed by atoms with Crippen LogP contribution >= 0.6 is 0 Å². The summed E-state index contributed by atoms with van der Waals surface area (Å²) in [7, 11) is 0. The molecule has 14 heavy (non-hydrogen) atoms. The average molecular weight is 194 g/mol. The monoisotopic (exact) mass is 194 g/mol. The zero-order chi connectivity index (χ0) is 10.4. The predicted molar refractivity (Wildman–Crippen MR) is 60.4 cm³/mol. The maximum Gasteiger partial charge on any atom is 0.0604 e. The van der Waals surface area contributed by atoms with Crippen LogP contribution in [-0.4, -0.2) is 18.3 Å². The third-order valence-electron chi connectivity index (χ3n) is 2.10. The van der Waals surface area contributed by atoms with Gasteiger partial charge in [0.25, 0.3) is 0 Å².